The van der Waals surface area contributed by atoms with Crippen molar-refractivity contribution >= 4 is 28.8 Å². The van der Waals surface area contributed by atoms with Crippen LogP contribution < -0.4 is 11.4 Å². The van der Waals surface area contributed by atoms with Gasteiger partial charge in [-0.05, 0) is 0 Å². The second kappa shape index (κ2) is 7.59. The molecule has 3 rings (SSSR count). The molecule has 0 amide bonds. The summed E-state index contributed by atoms with van der Waals surface area (Å²) in [6, 6.07) is 0. The van der Waals surface area contributed by atoms with Gasteiger partial charge in [0.2, 0.25) is 0 Å². The standard InChI is InChI=1S/C10H15FN3O12P3/c11-4-1-14(10(17)13-8(4)12)9-7(16)6(15)5(24-9)2-23-28(20)3-27(18,19)25-29(21,22)26-28/h1,5-7,9,15-16H,2-3H2,(H,18,19)(H,21,22)(H2,12,13,17)/t5-,6?,7+,9-,28?/m1/s1. The first-order chi connectivity index (χ1) is 13.2. The number of ether oxygens (including phenoxy) is 1. The van der Waals surface area contributed by atoms with E-state index in [0.717, 1.165) is 0 Å². The van der Waals surface area contributed by atoms with Crippen LogP contribution in [0.1, 0.15) is 6.23 Å². The predicted octanol–water partition coefficient (Wildman–Crippen LogP) is -0.916. The first kappa shape index (κ1) is 22.7. The van der Waals surface area contributed by atoms with Crippen molar-refractivity contribution < 1.29 is 56.0 Å². The molecule has 2 aliphatic rings. The van der Waals surface area contributed by atoms with E-state index in [-0.39, 0.29) is 0 Å². The minimum absolute atomic E-state index is 0.510. The highest BCUT2D eigenvalue weighted by atomic mass is 31.3. The van der Waals surface area contributed by atoms with E-state index in [9.17, 15) is 42.9 Å². The molecule has 0 spiro atoms. The van der Waals surface area contributed by atoms with Gasteiger partial charge in [0.05, 0.1) is 12.8 Å². The number of nitrogens with two attached hydrogens (primary N) is 1. The molecule has 1 aromatic rings. The maximum Gasteiger partial charge on any atom is 0.486 e. The Balaban J connectivity index is 1.76. The second-order valence-corrected chi connectivity index (χ2v) is 12.2. The Labute approximate surface area is 160 Å². The lowest BCUT2D eigenvalue weighted by atomic mass is 10.1. The molecule has 3 heterocycles. The van der Waals surface area contributed by atoms with Crippen molar-refractivity contribution in [3.8, 4) is 0 Å². The third-order valence-electron chi connectivity index (χ3n) is 3.79. The topological polar surface area (TPSA) is 230 Å². The number of nitrogen functional groups attached to an aromatic ring is 1. The van der Waals surface area contributed by atoms with E-state index in [2.05, 4.69) is 13.6 Å². The van der Waals surface area contributed by atoms with Gasteiger partial charge in [0, 0.05) is 0 Å². The van der Waals surface area contributed by atoms with E-state index in [1.54, 1.807) is 0 Å². The van der Waals surface area contributed by atoms with Crippen LogP contribution in [0.4, 0.5) is 10.2 Å². The summed E-state index contributed by atoms with van der Waals surface area (Å²) in [5.41, 5.74) is 4.05. The molecule has 0 aliphatic carbocycles. The number of aromatic nitrogens is 2. The summed E-state index contributed by atoms with van der Waals surface area (Å²) >= 11 is 0. The van der Waals surface area contributed by atoms with Crippen LogP contribution in [0.15, 0.2) is 11.0 Å². The molecule has 0 bridgehead atoms. The van der Waals surface area contributed by atoms with Crippen molar-refractivity contribution in [3.63, 3.8) is 0 Å². The Morgan fingerprint density at radius 1 is 1.28 bits per heavy atom. The van der Waals surface area contributed by atoms with Crippen LogP contribution in [0.2, 0.25) is 0 Å². The van der Waals surface area contributed by atoms with Crippen LogP contribution >= 0.6 is 23.0 Å². The summed E-state index contributed by atoms with van der Waals surface area (Å²) < 4.78 is 67.6. The zero-order valence-corrected chi connectivity index (χ0v) is 16.7. The lowest BCUT2D eigenvalue weighted by molar-refractivity contribution is -0.0527. The Morgan fingerprint density at radius 3 is 2.55 bits per heavy atom. The summed E-state index contributed by atoms with van der Waals surface area (Å²) in [7, 11) is -14.6. The van der Waals surface area contributed by atoms with E-state index < -0.39 is 77.4 Å². The molecule has 15 nitrogen and oxygen atoms in total. The molecule has 0 aromatic carbocycles. The normalized spacial score (nSPS) is 42.8. The summed E-state index contributed by atoms with van der Waals surface area (Å²) in [6.45, 7) is -0.869. The quantitative estimate of drug-likeness (QED) is 0.328. The summed E-state index contributed by atoms with van der Waals surface area (Å²) in [5.74, 6) is -3.06. The van der Waals surface area contributed by atoms with E-state index in [4.69, 9.17) is 15.0 Å². The Kier molecular flexibility index (Phi) is 5.93. The van der Waals surface area contributed by atoms with Crippen LogP contribution in [0.5, 0.6) is 0 Å². The Morgan fingerprint density at radius 2 is 1.93 bits per heavy atom. The van der Waals surface area contributed by atoms with Crippen molar-refractivity contribution in [2.45, 2.75) is 24.5 Å². The lowest BCUT2D eigenvalue weighted by Crippen LogP contribution is -2.36. The molecular weight excluding hydrogens is 466 g/mol. The van der Waals surface area contributed by atoms with Gasteiger partial charge in [0.15, 0.2) is 23.8 Å². The molecule has 0 saturated carbocycles. The smallest absolute Gasteiger partial charge is 0.387 e. The van der Waals surface area contributed by atoms with Gasteiger partial charge in [0.1, 0.15) is 18.3 Å². The van der Waals surface area contributed by atoms with Gasteiger partial charge in [-0.2, -0.15) is 4.98 Å². The van der Waals surface area contributed by atoms with Gasteiger partial charge in [-0.15, -0.1) is 0 Å². The Hall–Kier alpha value is -1.02. The highest BCUT2D eigenvalue weighted by Gasteiger charge is 2.53. The van der Waals surface area contributed by atoms with Crippen LogP contribution in [-0.2, 0) is 31.6 Å². The minimum atomic E-state index is -5.16. The van der Waals surface area contributed by atoms with E-state index >= 15 is 0 Å². The molecule has 19 heteroatoms. The zero-order chi connectivity index (χ0) is 21.8. The SMILES string of the molecule is Nc1nc(=O)n([C@@H]2O[C@H](COP3(=O)CP(=O)(O)OP(=O)(O)O3)C(O)[C@@H]2O)cc1F. The van der Waals surface area contributed by atoms with Crippen LogP contribution in [0, 0.1) is 5.82 Å². The van der Waals surface area contributed by atoms with Crippen molar-refractivity contribution in [2.75, 3.05) is 18.2 Å². The number of hydrogen-bond donors (Lipinski definition) is 5. The molecule has 1 aromatic heterocycles. The summed E-state index contributed by atoms with van der Waals surface area (Å²) in [4.78, 5) is 33.6. The molecule has 2 fully saturated rings. The molecular formula is C10H15FN3O12P3. The number of rotatable bonds is 4. The van der Waals surface area contributed by atoms with Gasteiger partial charge in [-0.3, -0.25) is 13.7 Å². The van der Waals surface area contributed by atoms with E-state index in [1.807, 2.05) is 0 Å². The first-order valence-corrected chi connectivity index (χ1v) is 12.6. The average Bonchev–Trinajstić information content (AvgIpc) is 2.81. The molecule has 2 aliphatic heterocycles. The predicted molar refractivity (Wildman–Crippen MR) is 89.0 cm³/mol. The van der Waals surface area contributed by atoms with Crippen LogP contribution in [-0.4, -0.2) is 60.4 Å². The van der Waals surface area contributed by atoms with Gasteiger partial charge in [-0.1, -0.05) is 0 Å². The number of hydrogen-bond acceptors (Lipinski definition) is 12. The maximum absolute atomic E-state index is 13.6. The van der Waals surface area contributed by atoms with Crippen molar-refractivity contribution in [3.05, 3.63) is 22.5 Å². The molecule has 6 N–H and O–H groups in total. The largest absolute Gasteiger partial charge is 0.486 e. The number of aliphatic hydroxyl groups excluding tert-OH is 2. The highest BCUT2D eigenvalue weighted by Crippen LogP contribution is 2.78. The monoisotopic (exact) mass is 481 g/mol. The number of anilines is 1. The van der Waals surface area contributed by atoms with Crippen LogP contribution in [0.25, 0.3) is 0 Å². The molecule has 7 atom stereocenters. The third kappa shape index (κ3) is 4.84. The van der Waals surface area contributed by atoms with Crippen LogP contribution in [0.3, 0.4) is 0 Å². The third-order valence-corrected chi connectivity index (χ3v) is 10.8. The molecule has 29 heavy (non-hydrogen) atoms. The van der Waals surface area contributed by atoms with Gasteiger partial charge < -0.3 is 35.0 Å². The molecule has 164 valence electrons. The van der Waals surface area contributed by atoms with E-state index in [1.165, 1.54) is 0 Å². The summed E-state index contributed by atoms with van der Waals surface area (Å²) in [5, 5.41) is 20.1. The van der Waals surface area contributed by atoms with Crippen molar-refractivity contribution in [2.24, 2.45) is 0 Å². The number of halogens is 1. The van der Waals surface area contributed by atoms with Crippen molar-refractivity contribution in [1.82, 2.24) is 9.55 Å². The summed E-state index contributed by atoms with van der Waals surface area (Å²) in [6.07, 6.45) is -6.12. The molecule has 2 saturated heterocycles. The number of phosphoric acid groups is 1. The fourth-order valence-electron chi connectivity index (χ4n) is 2.59. The van der Waals surface area contributed by atoms with Gasteiger partial charge in [0.25, 0.3) is 0 Å². The minimum Gasteiger partial charge on any atom is -0.387 e. The molecule has 4 unspecified atom stereocenters. The van der Waals surface area contributed by atoms with Gasteiger partial charge >= 0.3 is 28.7 Å². The van der Waals surface area contributed by atoms with Crippen molar-refractivity contribution in [1.29, 1.82) is 0 Å². The lowest BCUT2D eigenvalue weighted by Gasteiger charge is -2.28. The number of nitrogens with zero attached hydrogens (tertiary/aromatic N) is 2. The fraction of sp³-hybridized carbons (Fsp3) is 0.600. The second-order valence-electron chi connectivity index (χ2n) is 6.03. The zero-order valence-electron chi connectivity index (χ0n) is 14.0. The fourth-order valence-corrected chi connectivity index (χ4v) is 9.51. The average molecular weight is 481 g/mol. The Bertz CT molecular complexity index is 989. The first-order valence-electron chi connectivity index (χ1n) is 7.59. The molecule has 0 radical (unpaired) electrons. The highest BCUT2D eigenvalue weighted by molar-refractivity contribution is 7.81. The maximum atomic E-state index is 13.6. The number of aliphatic hydroxyl groups is 2. The van der Waals surface area contributed by atoms with Gasteiger partial charge in [-0.25, -0.2) is 22.4 Å². The van der Waals surface area contributed by atoms with E-state index in [0.29, 0.717) is 10.8 Å².